The number of hydrogen-bond acceptors (Lipinski definition) is 8. The van der Waals surface area contributed by atoms with Crippen LogP contribution in [0.15, 0.2) is 11.4 Å². The number of rotatable bonds is 4. The van der Waals surface area contributed by atoms with Gasteiger partial charge in [-0.3, -0.25) is 4.90 Å². The molecule has 2 aliphatic rings. The van der Waals surface area contributed by atoms with Crippen LogP contribution in [-0.2, 0) is 19.5 Å². The molecule has 0 amide bonds. The van der Waals surface area contributed by atoms with Crippen LogP contribution in [0.4, 0.5) is 11.8 Å². The summed E-state index contributed by atoms with van der Waals surface area (Å²) < 4.78 is 0. The highest BCUT2D eigenvalue weighted by Crippen LogP contribution is 2.31. The maximum absolute atomic E-state index is 9.92. The number of hydrogen-bond donors (Lipinski definition) is 2. The van der Waals surface area contributed by atoms with Gasteiger partial charge >= 0.3 is 0 Å². The molecule has 0 aromatic carbocycles. The second-order valence-electron chi connectivity index (χ2n) is 8.11. The largest absolute Gasteiger partial charge is 0.393 e. The number of anilines is 2. The van der Waals surface area contributed by atoms with Crippen molar-refractivity contribution in [1.29, 1.82) is 0 Å². The van der Waals surface area contributed by atoms with Gasteiger partial charge in [0.1, 0.15) is 12.4 Å². The molecule has 2 aliphatic heterocycles. The standard InChI is InChI=1S/C22H29N5O2S/c1-25(2)22-23-20-7-8-26(13-18-12-16(15-30-18)4-3-11-28)14-19(20)21(24-22)27-9-5-17(29)6-10-27/h12,15,17,28-29H,5-11,13-14H2,1-2H3. The highest BCUT2D eigenvalue weighted by atomic mass is 32.1. The third-order valence-corrected chi connectivity index (χ3v) is 6.54. The lowest BCUT2D eigenvalue weighted by Crippen LogP contribution is -2.39. The van der Waals surface area contributed by atoms with Gasteiger partial charge in [-0.05, 0) is 18.9 Å². The molecule has 4 heterocycles. The van der Waals surface area contributed by atoms with Gasteiger partial charge < -0.3 is 20.0 Å². The number of aliphatic hydroxyl groups excluding tert-OH is 2. The summed E-state index contributed by atoms with van der Waals surface area (Å²) in [5, 5.41) is 20.8. The van der Waals surface area contributed by atoms with Crippen LogP contribution < -0.4 is 9.80 Å². The molecule has 1 saturated heterocycles. The van der Waals surface area contributed by atoms with Crippen LogP contribution in [-0.4, -0.2) is 71.5 Å². The zero-order valence-electron chi connectivity index (χ0n) is 17.6. The predicted octanol–water partition coefficient (Wildman–Crippen LogP) is 1.47. The van der Waals surface area contributed by atoms with Crippen LogP contribution in [0.5, 0.6) is 0 Å². The Morgan fingerprint density at radius 2 is 2.03 bits per heavy atom. The zero-order chi connectivity index (χ0) is 21.1. The first-order valence-corrected chi connectivity index (χ1v) is 11.3. The summed E-state index contributed by atoms with van der Waals surface area (Å²) in [6, 6.07) is 2.11. The topological polar surface area (TPSA) is 76.0 Å². The maximum Gasteiger partial charge on any atom is 0.227 e. The average molecular weight is 428 g/mol. The molecule has 0 aliphatic carbocycles. The van der Waals surface area contributed by atoms with Gasteiger partial charge in [0.25, 0.3) is 0 Å². The fraction of sp³-hybridized carbons (Fsp3) is 0.545. The van der Waals surface area contributed by atoms with Gasteiger partial charge in [-0.15, -0.1) is 11.3 Å². The Bertz CT molecular complexity index is 941. The number of piperidine rings is 1. The van der Waals surface area contributed by atoms with E-state index in [1.54, 1.807) is 11.3 Å². The molecule has 0 radical (unpaired) electrons. The second-order valence-corrected chi connectivity index (χ2v) is 9.10. The normalized spacial score (nSPS) is 17.4. The van der Waals surface area contributed by atoms with Gasteiger partial charge in [-0.25, -0.2) is 4.98 Å². The number of fused-ring (bicyclic) bond motifs is 1. The van der Waals surface area contributed by atoms with Crippen molar-refractivity contribution in [2.45, 2.75) is 38.5 Å². The van der Waals surface area contributed by atoms with E-state index in [2.05, 4.69) is 27.7 Å². The number of aliphatic hydroxyl groups is 2. The van der Waals surface area contributed by atoms with E-state index in [0.717, 1.165) is 75.0 Å². The zero-order valence-corrected chi connectivity index (χ0v) is 18.5. The van der Waals surface area contributed by atoms with E-state index in [-0.39, 0.29) is 12.7 Å². The van der Waals surface area contributed by atoms with Crippen LogP contribution in [0.25, 0.3) is 0 Å². The van der Waals surface area contributed by atoms with E-state index in [1.807, 2.05) is 24.4 Å². The van der Waals surface area contributed by atoms with Crippen molar-refractivity contribution in [2.24, 2.45) is 0 Å². The van der Waals surface area contributed by atoms with E-state index in [0.29, 0.717) is 0 Å². The van der Waals surface area contributed by atoms with Crippen LogP contribution in [0.2, 0.25) is 0 Å². The molecule has 0 saturated carbocycles. The molecule has 4 rings (SSSR count). The Hall–Kier alpha value is -2.18. The van der Waals surface area contributed by atoms with Gasteiger partial charge in [0, 0.05) is 74.6 Å². The van der Waals surface area contributed by atoms with E-state index in [9.17, 15) is 5.11 Å². The summed E-state index contributed by atoms with van der Waals surface area (Å²) in [6.45, 7) is 4.21. The molecule has 2 aromatic heterocycles. The van der Waals surface area contributed by atoms with Crippen molar-refractivity contribution in [3.63, 3.8) is 0 Å². The molecule has 0 atom stereocenters. The Kier molecular flexibility index (Phi) is 6.54. The minimum Gasteiger partial charge on any atom is -0.393 e. The van der Waals surface area contributed by atoms with Crippen molar-refractivity contribution in [2.75, 3.05) is 50.1 Å². The summed E-state index contributed by atoms with van der Waals surface area (Å²) >= 11 is 1.71. The molecule has 0 bridgehead atoms. The van der Waals surface area contributed by atoms with Gasteiger partial charge in [0.05, 0.1) is 11.8 Å². The van der Waals surface area contributed by atoms with Crippen molar-refractivity contribution in [3.8, 4) is 11.8 Å². The number of aromatic nitrogens is 2. The lowest BCUT2D eigenvalue weighted by molar-refractivity contribution is 0.145. The van der Waals surface area contributed by atoms with E-state index in [1.165, 1.54) is 10.4 Å². The van der Waals surface area contributed by atoms with Gasteiger partial charge in [-0.1, -0.05) is 11.8 Å². The minimum absolute atomic E-state index is 0.112. The number of thiophene rings is 1. The van der Waals surface area contributed by atoms with Crippen molar-refractivity contribution < 1.29 is 10.2 Å². The van der Waals surface area contributed by atoms with Gasteiger partial charge in [-0.2, -0.15) is 4.98 Å². The van der Waals surface area contributed by atoms with E-state index < -0.39 is 0 Å². The highest BCUT2D eigenvalue weighted by Gasteiger charge is 2.28. The molecular formula is C22H29N5O2S. The smallest absolute Gasteiger partial charge is 0.227 e. The fourth-order valence-electron chi connectivity index (χ4n) is 4.01. The molecule has 1 fully saturated rings. The Balaban J connectivity index is 1.56. The SMILES string of the molecule is CN(C)c1nc2c(c(N3CCC(O)CC3)n1)CN(Cc1cc(C#CCO)cs1)CC2. The third kappa shape index (κ3) is 4.76. The quantitative estimate of drug-likeness (QED) is 0.716. The Morgan fingerprint density at radius 1 is 1.23 bits per heavy atom. The summed E-state index contributed by atoms with van der Waals surface area (Å²) in [5.41, 5.74) is 3.33. The lowest BCUT2D eigenvalue weighted by Gasteiger charge is -2.36. The molecule has 2 N–H and O–H groups in total. The Morgan fingerprint density at radius 3 is 2.77 bits per heavy atom. The summed E-state index contributed by atoms with van der Waals surface area (Å²) in [7, 11) is 3.96. The molecule has 2 aromatic rings. The molecular weight excluding hydrogens is 398 g/mol. The molecule has 8 heteroatoms. The first-order chi connectivity index (χ1) is 14.5. The average Bonchev–Trinajstić information content (AvgIpc) is 3.19. The first-order valence-electron chi connectivity index (χ1n) is 10.4. The highest BCUT2D eigenvalue weighted by molar-refractivity contribution is 7.10. The van der Waals surface area contributed by atoms with Crippen LogP contribution in [0.1, 0.15) is 34.5 Å². The predicted molar refractivity (Wildman–Crippen MR) is 120 cm³/mol. The van der Waals surface area contributed by atoms with Gasteiger partial charge in [0.15, 0.2) is 0 Å². The lowest BCUT2D eigenvalue weighted by atomic mass is 10.0. The van der Waals surface area contributed by atoms with Crippen LogP contribution >= 0.6 is 11.3 Å². The van der Waals surface area contributed by atoms with Crippen molar-refractivity contribution in [3.05, 3.63) is 33.1 Å². The Labute approximate surface area is 182 Å². The minimum atomic E-state index is -0.203. The van der Waals surface area contributed by atoms with Gasteiger partial charge in [0.2, 0.25) is 5.95 Å². The molecule has 0 spiro atoms. The van der Waals surface area contributed by atoms with E-state index >= 15 is 0 Å². The van der Waals surface area contributed by atoms with Crippen molar-refractivity contribution >= 4 is 23.1 Å². The van der Waals surface area contributed by atoms with Crippen LogP contribution in [0, 0.1) is 11.8 Å². The molecule has 160 valence electrons. The summed E-state index contributed by atoms with van der Waals surface area (Å²) in [4.78, 5) is 17.7. The number of nitrogens with zero attached hydrogens (tertiary/aromatic N) is 5. The molecule has 7 nitrogen and oxygen atoms in total. The monoisotopic (exact) mass is 427 g/mol. The molecule has 30 heavy (non-hydrogen) atoms. The van der Waals surface area contributed by atoms with E-state index in [4.69, 9.17) is 15.1 Å². The molecule has 0 unspecified atom stereocenters. The van der Waals surface area contributed by atoms with Crippen molar-refractivity contribution in [1.82, 2.24) is 14.9 Å². The van der Waals surface area contributed by atoms with Crippen LogP contribution in [0.3, 0.4) is 0 Å². The maximum atomic E-state index is 9.92. The second kappa shape index (κ2) is 9.31. The fourth-order valence-corrected chi connectivity index (χ4v) is 4.86. The summed E-state index contributed by atoms with van der Waals surface area (Å²) in [6.07, 6.45) is 2.27. The third-order valence-electron chi connectivity index (χ3n) is 5.61. The first kappa shape index (κ1) is 21.1. The summed E-state index contributed by atoms with van der Waals surface area (Å²) in [5.74, 6) is 7.48.